The largest absolute Gasteiger partial charge is 0.493 e. The molecule has 1 aromatic carbocycles. The summed E-state index contributed by atoms with van der Waals surface area (Å²) in [5.74, 6) is 0.986. The van der Waals surface area contributed by atoms with Gasteiger partial charge in [-0.15, -0.1) is 0 Å². The van der Waals surface area contributed by atoms with E-state index < -0.39 is 11.2 Å². The molecule has 0 fully saturated rings. The van der Waals surface area contributed by atoms with Crippen molar-refractivity contribution in [2.45, 2.75) is 13.2 Å². The Morgan fingerprint density at radius 1 is 1.50 bits per heavy atom. The number of fused-ring (bicyclic) bond motifs is 1. The summed E-state index contributed by atoms with van der Waals surface area (Å²) in [4.78, 5) is 10.5. The molecule has 0 saturated carbocycles. The van der Waals surface area contributed by atoms with Crippen LogP contribution in [0.5, 0.6) is 11.5 Å². The number of nitrogens with zero attached hydrogens (tertiary/aromatic N) is 1. The van der Waals surface area contributed by atoms with Crippen molar-refractivity contribution in [3.63, 3.8) is 0 Å². The highest BCUT2D eigenvalue weighted by Crippen LogP contribution is 2.37. The maximum absolute atomic E-state index is 10.9. The first kappa shape index (κ1) is 12.4. The van der Waals surface area contributed by atoms with E-state index in [1.165, 1.54) is 13.2 Å². The van der Waals surface area contributed by atoms with E-state index in [0.717, 1.165) is 0 Å². The lowest BCUT2D eigenvalue weighted by atomic mass is 10.1. The second kappa shape index (κ2) is 5.05. The molecule has 0 bridgehead atoms. The van der Waals surface area contributed by atoms with Crippen LogP contribution in [0, 0.1) is 10.1 Å². The summed E-state index contributed by atoms with van der Waals surface area (Å²) in [7, 11) is 1.52. The van der Waals surface area contributed by atoms with Crippen LogP contribution in [-0.4, -0.2) is 24.9 Å². The minimum atomic E-state index is -1.01. The fourth-order valence-corrected chi connectivity index (χ4v) is 1.74. The van der Waals surface area contributed by atoms with Crippen molar-refractivity contribution in [3.05, 3.63) is 39.6 Å². The highest BCUT2D eigenvalue weighted by Gasteiger charge is 2.33. The summed E-state index contributed by atoms with van der Waals surface area (Å²) in [6.07, 6.45) is 0.440. The third-order valence-corrected chi connectivity index (χ3v) is 2.53. The van der Waals surface area contributed by atoms with Gasteiger partial charge in [0.1, 0.15) is 0 Å². The molecule has 0 saturated heterocycles. The quantitative estimate of drug-likeness (QED) is 0.605. The molecule has 18 heavy (non-hydrogen) atoms. The van der Waals surface area contributed by atoms with Crippen molar-refractivity contribution < 1.29 is 19.1 Å². The van der Waals surface area contributed by atoms with Gasteiger partial charge in [0.05, 0.1) is 12.0 Å². The lowest BCUT2D eigenvalue weighted by molar-refractivity contribution is -0.444. The van der Waals surface area contributed by atoms with E-state index in [9.17, 15) is 10.1 Å². The van der Waals surface area contributed by atoms with Crippen molar-refractivity contribution >= 4 is 6.08 Å². The van der Waals surface area contributed by atoms with Crippen molar-refractivity contribution in [1.82, 2.24) is 0 Å². The molecule has 0 aliphatic carbocycles. The number of ether oxygens (including phenoxy) is 3. The monoisotopic (exact) mass is 251 g/mol. The zero-order valence-corrected chi connectivity index (χ0v) is 10.1. The van der Waals surface area contributed by atoms with Crippen molar-refractivity contribution in [2.24, 2.45) is 0 Å². The molecular weight excluding hydrogens is 238 g/mol. The Morgan fingerprint density at radius 2 is 2.28 bits per heavy atom. The maximum atomic E-state index is 10.9. The number of rotatable bonds is 4. The maximum Gasteiger partial charge on any atom is 0.315 e. The number of hydrogen-bond donors (Lipinski definition) is 0. The predicted molar refractivity (Wildman–Crippen MR) is 64.0 cm³/mol. The Hall–Kier alpha value is -2.08. The van der Waals surface area contributed by atoms with Gasteiger partial charge >= 0.3 is 5.70 Å². The van der Waals surface area contributed by atoms with Crippen LogP contribution in [0.1, 0.15) is 12.5 Å². The Bertz CT molecular complexity index is 497. The summed E-state index contributed by atoms with van der Waals surface area (Å²) < 4.78 is 15.9. The summed E-state index contributed by atoms with van der Waals surface area (Å²) in [5, 5.41) is 10.9. The molecule has 6 nitrogen and oxygen atoms in total. The van der Waals surface area contributed by atoms with Gasteiger partial charge in [-0.25, -0.2) is 0 Å². The van der Waals surface area contributed by atoms with E-state index in [1.807, 2.05) is 0 Å². The summed E-state index contributed by atoms with van der Waals surface area (Å²) in [6.45, 7) is 2.07. The molecule has 1 heterocycles. The van der Waals surface area contributed by atoms with Gasteiger partial charge < -0.3 is 14.2 Å². The molecule has 1 aliphatic rings. The first-order valence-corrected chi connectivity index (χ1v) is 5.48. The van der Waals surface area contributed by atoms with Crippen LogP contribution in [0.3, 0.4) is 0 Å². The average Bonchev–Trinajstić information content (AvgIpc) is 2.37. The first-order chi connectivity index (χ1) is 8.67. The van der Waals surface area contributed by atoms with Crippen molar-refractivity contribution in [2.75, 3.05) is 13.7 Å². The summed E-state index contributed by atoms with van der Waals surface area (Å²) in [5.41, 5.74) is 0.495. The van der Waals surface area contributed by atoms with Gasteiger partial charge in [0, 0.05) is 18.2 Å². The van der Waals surface area contributed by atoms with Gasteiger partial charge in [-0.3, -0.25) is 10.1 Å². The van der Waals surface area contributed by atoms with E-state index in [1.54, 1.807) is 25.1 Å². The zero-order chi connectivity index (χ0) is 13.1. The number of nitro groups is 1. The fourth-order valence-electron chi connectivity index (χ4n) is 1.74. The second-order valence-corrected chi connectivity index (χ2v) is 3.61. The minimum Gasteiger partial charge on any atom is -0.493 e. The number of benzene rings is 1. The Balaban J connectivity index is 2.46. The molecule has 0 aromatic heterocycles. The average molecular weight is 251 g/mol. The van der Waals surface area contributed by atoms with Gasteiger partial charge in [-0.05, 0) is 13.0 Å². The van der Waals surface area contributed by atoms with Crippen LogP contribution in [0.2, 0.25) is 0 Å². The van der Waals surface area contributed by atoms with Crippen LogP contribution in [0.4, 0.5) is 0 Å². The van der Waals surface area contributed by atoms with Gasteiger partial charge in [0.15, 0.2) is 11.5 Å². The lowest BCUT2D eigenvalue weighted by Gasteiger charge is -2.23. The molecule has 6 heteroatoms. The normalized spacial score (nSPS) is 17.4. The van der Waals surface area contributed by atoms with E-state index in [2.05, 4.69) is 0 Å². The third-order valence-electron chi connectivity index (χ3n) is 2.53. The first-order valence-electron chi connectivity index (χ1n) is 5.48. The van der Waals surface area contributed by atoms with Crippen molar-refractivity contribution in [3.8, 4) is 11.5 Å². The topological polar surface area (TPSA) is 70.8 Å². The number of para-hydroxylation sites is 1. The molecule has 1 aromatic rings. The molecule has 0 N–H and O–H groups in total. The Kier molecular flexibility index (Phi) is 3.47. The van der Waals surface area contributed by atoms with Crippen LogP contribution < -0.4 is 9.47 Å². The molecule has 0 radical (unpaired) electrons. The van der Waals surface area contributed by atoms with Crippen LogP contribution in [-0.2, 0) is 4.74 Å². The fraction of sp³-hybridized carbons (Fsp3) is 0.333. The molecule has 0 spiro atoms. The molecule has 1 aliphatic heterocycles. The Labute approximate surface area is 104 Å². The summed E-state index contributed by atoms with van der Waals surface area (Å²) >= 11 is 0. The van der Waals surface area contributed by atoms with E-state index in [-0.39, 0.29) is 5.70 Å². The van der Waals surface area contributed by atoms with Crippen molar-refractivity contribution in [1.29, 1.82) is 0 Å². The SMILES string of the molecule is CCOC1Oc2c(cccc2OC)C=C1[N+](=O)[O-]. The second-order valence-electron chi connectivity index (χ2n) is 3.61. The van der Waals surface area contributed by atoms with E-state index in [4.69, 9.17) is 14.2 Å². The number of hydrogen-bond acceptors (Lipinski definition) is 5. The molecule has 1 atom stereocenters. The van der Waals surface area contributed by atoms with E-state index in [0.29, 0.717) is 23.7 Å². The van der Waals surface area contributed by atoms with E-state index >= 15 is 0 Å². The highest BCUT2D eigenvalue weighted by molar-refractivity contribution is 5.65. The predicted octanol–water partition coefficient (Wildman–Crippen LogP) is 2.07. The zero-order valence-electron chi connectivity index (χ0n) is 10.1. The van der Waals surface area contributed by atoms with Gasteiger partial charge in [0.2, 0.25) is 0 Å². The Morgan fingerprint density at radius 3 is 2.89 bits per heavy atom. The van der Waals surface area contributed by atoms with Crippen LogP contribution in [0.25, 0.3) is 6.08 Å². The molecular formula is C12H13NO5. The minimum absolute atomic E-state index is 0.113. The smallest absolute Gasteiger partial charge is 0.315 e. The molecule has 0 amide bonds. The molecule has 2 rings (SSSR count). The van der Waals surface area contributed by atoms with Crippen LogP contribution >= 0.6 is 0 Å². The summed E-state index contributed by atoms with van der Waals surface area (Å²) in [6, 6.07) is 5.20. The van der Waals surface area contributed by atoms with Crippen LogP contribution in [0.15, 0.2) is 23.9 Å². The van der Waals surface area contributed by atoms with Gasteiger partial charge in [0.25, 0.3) is 6.29 Å². The lowest BCUT2D eigenvalue weighted by Crippen LogP contribution is -2.29. The third kappa shape index (κ3) is 2.14. The van der Waals surface area contributed by atoms with Gasteiger partial charge in [-0.2, -0.15) is 0 Å². The molecule has 1 unspecified atom stereocenters. The number of methoxy groups -OCH3 is 1. The standard InChI is InChI=1S/C12H13NO5/c1-3-17-12-9(13(14)15)7-8-5-4-6-10(16-2)11(8)18-12/h4-7,12H,3H2,1-2H3. The van der Waals surface area contributed by atoms with Gasteiger partial charge in [-0.1, -0.05) is 12.1 Å². The molecule has 96 valence electrons. The highest BCUT2D eigenvalue weighted by atomic mass is 16.7.